The minimum atomic E-state index is -3.57. The zero-order chi connectivity index (χ0) is 31.1. The van der Waals surface area contributed by atoms with E-state index in [0.717, 1.165) is 18.6 Å². The van der Waals surface area contributed by atoms with Gasteiger partial charge in [-0.3, -0.25) is 14.2 Å². The Balaban J connectivity index is 1.26. The van der Waals surface area contributed by atoms with Crippen LogP contribution in [-0.2, 0) is 21.4 Å². The van der Waals surface area contributed by atoms with E-state index in [-0.39, 0.29) is 23.1 Å². The molecule has 14 heteroatoms. The van der Waals surface area contributed by atoms with Crippen LogP contribution in [-0.4, -0.2) is 64.8 Å². The van der Waals surface area contributed by atoms with Crippen molar-refractivity contribution in [3.63, 3.8) is 0 Å². The molecule has 1 aliphatic rings. The van der Waals surface area contributed by atoms with Crippen LogP contribution in [0.2, 0.25) is 5.02 Å². The highest BCUT2D eigenvalue weighted by Crippen LogP contribution is 2.25. The molecule has 1 aromatic heterocycles. The molecule has 0 bridgehead atoms. The monoisotopic (exact) mass is 654 g/mol. The van der Waals surface area contributed by atoms with E-state index in [2.05, 4.69) is 20.8 Å². The number of carbonyl (C=O) groups is 2. The second-order valence-corrected chi connectivity index (χ2v) is 13.1. The van der Waals surface area contributed by atoms with Crippen molar-refractivity contribution in [1.29, 1.82) is 0 Å². The Morgan fingerprint density at radius 3 is 2.41 bits per heavy atom. The molecule has 230 valence electrons. The van der Waals surface area contributed by atoms with Crippen LogP contribution in [0.4, 0.5) is 5.69 Å². The summed E-state index contributed by atoms with van der Waals surface area (Å²) in [5.74, 6) is 0.565. The van der Waals surface area contributed by atoms with Gasteiger partial charge in [0.1, 0.15) is 5.75 Å². The van der Waals surface area contributed by atoms with Crippen LogP contribution in [0.25, 0.3) is 5.69 Å². The molecule has 0 radical (unpaired) electrons. The van der Waals surface area contributed by atoms with Gasteiger partial charge in [-0.1, -0.05) is 29.4 Å². The van der Waals surface area contributed by atoms with Gasteiger partial charge in [-0.05, 0) is 86.5 Å². The molecular formula is C30H31ClN6O5S2. The number of benzene rings is 3. The summed E-state index contributed by atoms with van der Waals surface area (Å²) in [6.45, 7) is 3.49. The quantitative estimate of drug-likeness (QED) is 0.209. The summed E-state index contributed by atoms with van der Waals surface area (Å²) >= 11 is 7.45. The summed E-state index contributed by atoms with van der Waals surface area (Å²) < 4.78 is 34.3. The molecule has 2 heterocycles. The van der Waals surface area contributed by atoms with Crippen LogP contribution in [0.3, 0.4) is 0 Å². The maximum atomic E-state index is 13.0. The van der Waals surface area contributed by atoms with Crippen LogP contribution < -0.4 is 15.4 Å². The molecule has 1 saturated heterocycles. The Bertz CT molecular complexity index is 1720. The van der Waals surface area contributed by atoms with Gasteiger partial charge in [-0.2, -0.15) is 4.31 Å². The van der Waals surface area contributed by atoms with E-state index in [4.69, 9.17) is 16.3 Å². The van der Waals surface area contributed by atoms with Crippen molar-refractivity contribution < 1.29 is 22.7 Å². The van der Waals surface area contributed by atoms with E-state index in [0.29, 0.717) is 52.6 Å². The van der Waals surface area contributed by atoms with Crippen molar-refractivity contribution in [2.75, 3.05) is 30.8 Å². The van der Waals surface area contributed by atoms with E-state index in [1.807, 2.05) is 13.0 Å². The summed E-state index contributed by atoms with van der Waals surface area (Å²) in [5, 5.41) is 15.2. The van der Waals surface area contributed by atoms with E-state index < -0.39 is 15.9 Å². The molecular weight excluding hydrogens is 624 g/mol. The third-order valence-electron chi connectivity index (χ3n) is 6.77. The molecule has 0 saturated carbocycles. The average molecular weight is 655 g/mol. The van der Waals surface area contributed by atoms with Crippen molar-refractivity contribution in [1.82, 2.24) is 24.4 Å². The fourth-order valence-corrected chi connectivity index (χ4v) is 7.10. The topological polar surface area (TPSA) is 136 Å². The molecule has 3 aromatic carbocycles. The van der Waals surface area contributed by atoms with Gasteiger partial charge in [-0.15, -0.1) is 10.2 Å². The molecule has 44 heavy (non-hydrogen) atoms. The molecule has 1 aliphatic heterocycles. The molecule has 0 unspecified atom stereocenters. The normalized spacial score (nSPS) is 13.5. The smallest absolute Gasteiger partial charge is 0.251 e. The van der Waals surface area contributed by atoms with Crippen molar-refractivity contribution in [3.05, 3.63) is 89.2 Å². The lowest BCUT2D eigenvalue weighted by Crippen LogP contribution is -2.28. The zero-order valence-electron chi connectivity index (χ0n) is 23.9. The van der Waals surface area contributed by atoms with E-state index >= 15 is 0 Å². The van der Waals surface area contributed by atoms with Crippen LogP contribution >= 0.6 is 23.4 Å². The zero-order valence-corrected chi connectivity index (χ0v) is 26.3. The number of anilines is 1. The predicted octanol–water partition coefficient (Wildman–Crippen LogP) is 4.76. The number of aromatic nitrogens is 3. The Labute approximate surface area is 265 Å². The molecule has 1 fully saturated rings. The molecule has 0 aliphatic carbocycles. The largest absolute Gasteiger partial charge is 0.494 e. The van der Waals surface area contributed by atoms with E-state index in [1.165, 1.54) is 40.3 Å². The highest BCUT2D eigenvalue weighted by Gasteiger charge is 2.27. The van der Waals surface area contributed by atoms with E-state index in [1.54, 1.807) is 47.0 Å². The van der Waals surface area contributed by atoms with Crippen molar-refractivity contribution in [2.45, 2.75) is 36.4 Å². The lowest BCUT2D eigenvalue weighted by molar-refractivity contribution is -0.113. The molecule has 2 amide bonds. The average Bonchev–Trinajstić information content (AvgIpc) is 3.71. The molecule has 5 rings (SSSR count). The van der Waals surface area contributed by atoms with Gasteiger partial charge >= 0.3 is 0 Å². The lowest BCUT2D eigenvalue weighted by Gasteiger charge is -2.15. The van der Waals surface area contributed by atoms with Crippen LogP contribution in [0.1, 0.15) is 35.9 Å². The molecule has 4 aromatic rings. The Hall–Kier alpha value is -3.91. The summed E-state index contributed by atoms with van der Waals surface area (Å²) in [6, 6.07) is 20.1. The van der Waals surface area contributed by atoms with Gasteiger partial charge in [-0.25, -0.2) is 8.42 Å². The highest BCUT2D eigenvalue weighted by molar-refractivity contribution is 7.99. The summed E-state index contributed by atoms with van der Waals surface area (Å²) in [6.07, 6.45) is 1.69. The number of rotatable bonds is 12. The number of hydrogen-bond donors (Lipinski definition) is 2. The summed E-state index contributed by atoms with van der Waals surface area (Å²) in [7, 11) is -3.57. The summed E-state index contributed by atoms with van der Waals surface area (Å²) in [4.78, 5) is 25.8. The van der Waals surface area contributed by atoms with Gasteiger partial charge in [0.25, 0.3) is 5.91 Å². The Kier molecular flexibility index (Phi) is 10.2. The minimum Gasteiger partial charge on any atom is -0.494 e. The molecule has 0 spiro atoms. The number of ether oxygens (including phenoxy) is 1. The first-order valence-corrected chi connectivity index (χ1v) is 16.8. The van der Waals surface area contributed by atoms with Gasteiger partial charge in [0.2, 0.25) is 15.9 Å². The van der Waals surface area contributed by atoms with Crippen LogP contribution in [0.15, 0.2) is 82.8 Å². The number of thioether (sulfide) groups is 1. The fraction of sp³-hybridized carbons (Fsp3) is 0.267. The number of hydrogen-bond acceptors (Lipinski definition) is 8. The first-order chi connectivity index (χ1) is 21.2. The SMILES string of the molecule is CCOc1ccc(NC(=O)CSc2nnc(CNC(=O)c3ccc(S(=O)(=O)N4CCCC4)cc3)n2-c2cccc(Cl)c2)cc1. The first kappa shape index (κ1) is 31.5. The maximum Gasteiger partial charge on any atom is 0.251 e. The van der Waals surface area contributed by atoms with Gasteiger partial charge in [0, 0.05) is 29.4 Å². The number of nitrogens with zero attached hydrogens (tertiary/aromatic N) is 4. The van der Waals surface area contributed by atoms with Crippen LogP contribution in [0.5, 0.6) is 5.75 Å². The number of halogens is 1. The third-order valence-corrected chi connectivity index (χ3v) is 9.85. The Morgan fingerprint density at radius 1 is 1.00 bits per heavy atom. The number of carbonyl (C=O) groups excluding carboxylic acids is 2. The molecule has 11 nitrogen and oxygen atoms in total. The number of nitrogens with one attached hydrogen (secondary N) is 2. The summed E-state index contributed by atoms with van der Waals surface area (Å²) in [5.41, 5.74) is 1.61. The molecule has 0 atom stereocenters. The van der Waals surface area contributed by atoms with Crippen LogP contribution in [0, 0.1) is 0 Å². The number of sulfonamides is 1. The van der Waals surface area contributed by atoms with Crippen molar-refractivity contribution in [3.8, 4) is 11.4 Å². The van der Waals surface area contributed by atoms with Gasteiger partial charge in [0.15, 0.2) is 11.0 Å². The van der Waals surface area contributed by atoms with E-state index in [9.17, 15) is 18.0 Å². The molecule has 2 N–H and O–H groups in total. The van der Waals surface area contributed by atoms with Gasteiger partial charge < -0.3 is 15.4 Å². The highest BCUT2D eigenvalue weighted by atomic mass is 35.5. The van der Waals surface area contributed by atoms with Crippen molar-refractivity contribution >= 4 is 50.9 Å². The lowest BCUT2D eigenvalue weighted by atomic mass is 10.2. The maximum absolute atomic E-state index is 13.0. The van der Waals surface area contributed by atoms with Crippen molar-refractivity contribution in [2.24, 2.45) is 0 Å². The number of amides is 2. The fourth-order valence-electron chi connectivity index (χ4n) is 4.63. The minimum absolute atomic E-state index is 0.0190. The third kappa shape index (κ3) is 7.59. The second-order valence-electron chi connectivity index (χ2n) is 9.83. The standard InChI is InChI=1S/C30H31ClN6O5S2/c1-2-42-25-12-10-23(11-13-25)33-28(38)20-43-30-35-34-27(37(30)24-7-5-6-22(31)18-24)19-32-29(39)21-8-14-26(15-9-21)44(40,41)36-16-3-4-17-36/h5-15,18H,2-4,16-17,19-20H2,1H3,(H,32,39)(H,33,38). The first-order valence-electron chi connectivity index (χ1n) is 14.0. The Morgan fingerprint density at radius 2 is 1.73 bits per heavy atom. The predicted molar refractivity (Wildman–Crippen MR) is 169 cm³/mol. The second kappa shape index (κ2) is 14.2. The van der Waals surface area contributed by atoms with Gasteiger partial charge in [0.05, 0.1) is 29.5 Å².